The summed E-state index contributed by atoms with van der Waals surface area (Å²) in [6, 6.07) is 8.14. The van der Waals surface area contributed by atoms with Crippen molar-refractivity contribution in [1.82, 2.24) is 0 Å². The number of ketones is 2. The van der Waals surface area contributed by atoms with Crippen LogP contribution in [0, 0.1) is 0 Å². The quantitative estimate of drug-likeness (QED) is 0.667. The van der Waals surface area contributed by atoms with Gasteiger partial charge in [0.2, 0.25) is 11.2 Å². The summed E-state index contributed by atoms with van der Waals surface area (Å²) in [4.78, 5) is 37.6. The molecule has 3 aromatic rings. The zero-order chi connectivity index (χ0) is 17.0. The predicted octanol–water partition coefficient (Wildman–Crippen LogP) is 2.64. The predicted molar refractivity (Wildman–Crippen MR) is 84.5 cm³/mol. The highest BCUT2D eigenvalue weighted by atomic mass is 16.3. The number of hydrogen-bond donors (Lipinski definition) is 2. The maximum atomic E-state index is 12.9. The molecule has 2 aromatic carbocycles. The number of carbonyl (C=O) groups excluding carboxylic acids is 2. The summed E-state index contributed by atoms with van der Waals surface area (Å²) in [5.74, 6) is -1.56. The highest BCUT2D eigenvalue weighted by Crippen LogP contribution is 2.33. The lowest BCUT2D eigenvalue weighted by atomic mass is 9.91. The molecule has 2 heterocycles. The van der Waals surface area contributed by atoms with Crippen LogP contribution in [0.2, 0.25) is 0 Å². The first-order valence-electron chi connectivity index (χ1n) is 7.15. The zero-order valence-corrected chi connectivity index (χ0v) is 12.2. The lowest BCUT2D eigenvalue weighted by Crippen LogP contribution is -2.21. The Labute approximate surface area is 134 Å². The van der Waals surface area contributed by atoms with E-state index in [2.05, 4.69) is 0 Å². The molecule has 1 aromatic heterocycles. The molecule has 4 bridgehead atoms. The van der Waals surface area contributed by atoms with E-state index in [9.17, 15) is 24.6 Å². The summed E-state index contributed by atoms with van der Waals surface area (Å²) >= 11 is 0. The Balaban J connectivity index is 2.20. The molecule has 0 atom stereocenters. The van der Waals surface area contributed by atoms with E-state index in [0.717, 1.165) is 0 Å². The SMILES string of the molecule is O=C1CC(=O)c2cc(O)cc3oc1c(-c1ccc(O)cc1)c(=O)c23. The third-order valence-electron chi connectivity index (χ3n) is 4.01. The fraction of sp³-hybridized carbons (Fsp3) is 0.0556. The van der Waals surface area contributed by atoms with Crippen LogP contribution >= 0.6 is 0 Å². The molecule has 0 unspecified atom stereocenters. The first-order valence-corrected chi connectivity index (χ1v) is 7.15. The van der Waals surface area contributed by atoms with Gasteiger partial charge in [-0.2, -0.15) is 0 Å². The van der Waals surface area contributed by atoms with Crippen LogP contribution in [-0.2, 0) is 0 Å². The Hall–Kier alpha value is -3.41. The highest BCUT2D eigenvalue weighted by Gasteiger charge is 2.30. The first-order chi connectivity index (χ1) is 11.5. The minimum absolute atomic E-state index is 0.00562. The van der Waals surface area contributed by atoms with Gasteiger partial charge in [0.05, 0.1) is 17.4 Å². The Morgan fingerprint density at radius 1 is 0.875 bits per heavy atom. The van der Waals surface area contributed by atoms with E-state index in [-0.39, 0.29) is 39.4 Å². The van der Waals surface area contributed by atoms with Crippen molar-refractivity contribution in [3.63, 3.8) is 0 Å². The number of hydrogen-bond acceptors (Lipinski definition) is 6. The molecule has 0 saturated heterocycles. The smallest absolute Gasteiger partial charge is 0.206 e. The standard InChI is InChI=1S/C18H10O6/c19-9-3-1-8(2-4-9)15-17(23)16-11-5-10(20)6-14(16)24-18(15)13(22)7-12(11)21/h1-6,19-20H,7H2. The lowest BCUT2D eigenvalue weighted by Gasteiger charge is -2.15. The summed E-state index contributed by atoms with van der Waals surface area (Å²) in [6.07, 6.45) is -0.444. The van der Waals surface area contributed by atoms with Crippen LogP contribution in [0.4, 0.5) is 0 Å². The molecule has 0 fully saturated rings. The van der Waals surface area contributed by atoms with Crippen molar-refractivity contribution < 1.29 is 24.2 Å². The second-order valence-corrected chi connectivity index (χ2v) is 5.57. The van der Waals surface area contributed by atoms with Crippen LogP contribution in [0.5, 0.6) is 11.5 Å². The average Bonchev–Trinajstić information content (AvgIpc) is 2.54. The monoisotopic (exact) mass is 322 g/mol. The minimum atomic E-state index is -0.603. The van der Waals surface area contributed by atoms with Crippen LogP contribution in [0.1, 0.15) is 27.3 Å². The molecule has 24 heavy (non-hydrogen) atoms. The number of fused-ring (bicyclic) bond motifs is 3. The molecular formula is C18H10O6. The topological polar surface area (TPSA) is 105 Å². The molecule has 1 aliphatic carbocycles. The van der Waals surface area contributed by atoms with Crippen molar-refractivity contribution >= 4 is 22.5 Å². The zero-order valence-electron chi connectivity index (χ0n) is 12.2. The molecule has 0 spiro atoms. The van der Waals surface area contributed by atoms with Crippen LogP contribution < -0.4 is 5.43 Å². The molecule has 6 heteroatoms. The van der Waals surface area contributed by atoms with Gasteiger partial charge >= 0.3 is 0 Å². The molecule has 0 saturated carbocycles. The number of Topliss-reactive ketones (excluding diaryl/α,β-unsaturated/α-hetero) is 2. The van der Waals surface area contributed by atoms with Crippen molar-refractivity contribution in [1.29, 1.82) is 0 Å². The van der Waals surface area contributed by atoms with Crippen LogP contribution in [0.15, 0.2) is 45.6 Å². The maximum Gasteiger partial charge on any atom is 0.206 e. The number of phenols is 2. The number of rotatable bonds is 1. The van der Waals surface area contributed by atoms with E-state index in [1.165, 1.54) is 36.4 Å². The van der Waals surface area contributed by atoms with Gasteiger partial charge in [-0.1, -0.05) is 12.1 Å². The lowest BCUT2D eigenvalue weighted by molar-refractivity contribution is 0.0877. The van der Waals surface area contributed by atoms with Crippen molar-refractivity contribution in [2.45, 2.75) is 6.42 Å². The normalized spacial score (nSPS) is 13.5. The Morgan fingerprint density at radius 3 is 2.29 bits per heavy atom. The van der Waals surface area contributed by atoms with Gasteiger partial charge in [-0.15, -0.1) is 0 Å². The summed E-state index contributed by atoms with van der Waals surface area (Å²) in [5.41, 5.74) is -0.104. The molecule has 0 radical (unpaired) electrons. The van der Waals surface area contributed by atoms with Crippen LogP contribution in [0.25, 0.3) is 22.1 Å². The van der Waals surface area contributed by atoms with Crippen molar-refractivity contribution in [2.75, 3.05) is 0 Å². The fourth-order valence-electron chi connectivity index (χ4n) is 2.93. The highest BCUT2D eigenvalue weighted by molar-refractivity contribution is 6.21. The molecule has 0 amide bonds. The van der Waals surface area contributed by atoms with Crippen molar-refractivity contribution in [3.05, 3.63) is 57.9 Å². The molecule has 2 N–H and O–H groups in total. The fourth-order valence-corrected chi connectivity index (χ4v) is 2.93. The summed E-state index contributed by atoms with van der Waals surface area (Å²) in [6.45, 7) is 0. The van der Waals surface area contributed by atoms with Crippen molar-refractivity contribution in [2.24, 2.45) is 0 Å². The van der Waals surface area contributed by atoms with Gasteiger partial charge in [0.25, 0.3) is 0 Å². The van der Waals surface area contributed by atoms with Gasteiger partial charge in [-0.05, 0) is 23.8 Å². The van der Waals surface area contributed by atoms with Gasteiger partial charge in [0, 0.05) is 11.6 Å². The number of benzene rings is 2. The van der Waals surface area contributed by atoms with E-state index >= 15 is 0 Å². The van der Waals surface area contributed by atoms with E-state index in [4.69, 9.17) is 4.42 Å². The molecule has 118 valence electrons. The van der Waals surface area contributed by atoms with Crippen LogP contribution in [0.3, 0.4) is 0 Å². The minimum Gasteiger partial charge on any atom is -0.508 e. The van der Waals surface area contributed by atoms with E-state index in [0.29, 0.717) is 5.56 Å². The first kappa shape index (κ1) is 14.2. The van der Waals surface area contributed by atoms with E-state index in [1.807, 2.05) is 0 Å². The number of carbonyl (C=O) groups is 2. The average molecular weight is 322 g/mol. The van der Waals surface area contributed by atoms with Gasteiger partial charge in [0.15, 0.2) is 11.5 Å². The largest absolute Gasteiger partial charge is 0.508 e. The Kier molecular flexibility index (Phi) is 2.83. The van der Waals surface area contributed by atoms with Gasteiger partial charge < -0.3 is 14.6 Å². The van der Waals surface area contributed by atoms with Crippen molar-refractivity contribution in [3.8, 4) is 22.6 Å². The number of aromatic hydroxyl groups is 2. The Morgan fingerprint density at radius 2 is 1.58 bits per heavy atom. The third-order valence-corrected chi connectivity index (χ3v) is 4.01. The number of phenolic OH excluding ortho intramolecular Hbond substituents is 2. The van der Waals surface area contributed by atoms with E-state index < -0.39 is 23.4 Å². The molecule has 2 aliphatic rings. The van der Waals surface area contributed by atoms with Crippen LogP contribution in [-0.4, -0.2) is 21.8 Å². The molecule has 5 rings (SSSR count). The summed E-state index contributed by atoms with van der Waals surface area (Å²) in [5, 5.41) is 19.2. The molecular weight excluding hydrogens is 312 g/mol. The summed E-state index contributed by atoms with van der Waals surface area (Å²) < 4.78 is 5.56. The molecule has 1 aliphatic heterocycles. The second kappa shape index (κ2) is 4.79. The van der Waals surface area contributed by atoms with E-state index in [1.54, 1.807) is 0 Å². The van der Waals surface area contributed by atoms with Gasteiger partial charge in [-0.25, -0.2) is 0 Å². The third kappa shape index (κ3) is 1.93. The second-order valence-electron chi connectivity index (χ2n) is 5.57. The molecule has 6 nitrogen and oxygen atoms in total. The maximum absolute atomic E-state index is 12.9. The van der Waals surface area contributed by atoms with Gasteiger partial charge in [0.1, 0.15) is 17.1 Å². The summed E-state index contributed by atoms with van der Waals surface area (Å²) in [7, 11) is 0. The Bertz CT molecular complexity index is 1090. The van der Waals surface area contributed by atoms with Gasteiger partial charge in [-0.3, -0.25) is 14.4 Å².